The third-order valence-corrected chi connectivity index (χ3v) is 13.7. The van der Waals surface area contributed by atoms with E-state index in [-0.39, 0.29) is 43.6 Å². The van der Waals surface area contributed by atoms with Crippen LogP contribution < -0.4 is 16.0 Å². The molecule has 0 spiro atoms. The average molecular weight is 916 g/mol. The van der Waals surface area contributed by atoms with E-state index in [9.17, 15) is 24.3 Å². The van der Waals surface area contributed by atoms with Crippen LogP contribution >= 0.6 is 11.8 Å². The van der Waals surface area contributed by atoms with Crippen molar-refractivity contribution in [3.05, 3.63) is 216 Å². The summed E-state index contributed by atoms with van der Waals surface area (Å²) < 4.78 is 10.2. The Balaban J connectivity index is 1.20. The number of carbonyl (C=O) groups excluding carboxylic acids is 4. The maximum Gasteiger partial charge on any atom is 0.407 e. The van der Waals surface area contributed by atoms with Crippen molar-refractivity contribution in [2.24, 2.45) is 5.92 Å². The number of hydrogen-bond donors (Lipinski definition) is 4. The summed E-state index contributed by atoms with van der Waals surface area (Å²) in [4.78, 5) is 56.1. The van der Waals surface area contributed by atoms with Gasteiger partial charge in [-0.25, -0.2) is 4.79 Å². The average Bonchev–Trinajstić information content (AvgIpc) is 3.68. The number of thioether (sulfide) groups is 1. The second kappa shape index (κ2) is 23.0. The van der Waals surface area contributed by atoms with E-state index in [2.05, 4.69) is 34.7 Å². The van der Waals surface area contributed by atoms with Gasteiger partial charge in [-0.2, -0.15) is 0 Å². The molecule has 11 heteroatoms. The van der Waals surface area contributed by atoms with E-state index in [1.165, 1.54) is 17.8 Å². The lowest BCUT2D eigenvalue weighted by Crippen LogP contribution is -2.58. The highest BCUT2D eigenvalue weighted by molar-refractivity contribution is 8.00. The first kappa shape index (κ1) is 48.0. The summed E-state index contributed by atoms with van der Waals surface area (Å²) in [6.45, 7) is 7.25. The number of hydrogen-bond acceptors (Lipinski definition) is 8. The molecule has 6 aromatic rings. The van der Waals surface area contributed by atoms with Gasteiger partial charge in [-0.15, -0.1) is 11.8 Å². The lowest BCUT2D eigenvalue weighted by atomic mass is 9.84. The van der Waals surface area contributed by atoms with Crippen molar-refractivity contribution in [1.82, 2.24) is 16.0 Å². The number of alkyl carbamates (subject to hydrolysis) is 1. The second-order valence-corrected chi connectivity index (χ2v) is 18.1. The van der Waals surface area contributed by atoms with Gasteiger partial charge in [-0.05, 0) is 50.4 Å². The Bertz CT molecular complexity index is 2450. The summed E-state index contributed by atoms with van der Waals surface area (Å²) in [5.41, 5.74) is 7.92. The van der Waals surface area contributed by atoms with Gasteiger partial charge in [0.15, 0.2) is 0 Å². The standard InChI is InChI=1S/C56H57N3O7S/c1-4-33-65-51(61)35-50(60)52(38(2)3)59-54(63)49(37-67-56(40-23-11-6-12-24-40,41-25-13-7-14-26-41)42-27-15-8-16-28-42)57-53(62)48(34-39-21-9-5-10-22-39)58-55(64)66-36-47-45-31-19-17-29-43(45)44-30-18-20-32-46(44)47/h4-32,38,47-50,52,60H,1,33-37H2,2-3H3,(H,57,62)(H,58,64)(H,59,63)/t48-,49?,50+,52-/m1/s1. The highest BCUT2D eigenvalue weighted by Gasteiger charge is 2.40. The van der Waals surface area contributed by atoms with Crippen molar-refractivity contribution in [2.75, 3.05) is 19.0 Å². The largest absolute Gasteiger partial charge is 0.461 e. The van der Waals surface area contributed by atoms with Gasteiger partial charge in [0, 0.05) is 18.1 Å². The molecule has 0 radical (unpaired) electrons. The molecule has 1 aliphatic rings. The minimum Gasteiger partial charge on any atom is -0.461 e. The van der Waals surface area contributed by atoms with Gasteiger partial charge in [-0.1, -0.05) is 196 Å². The first-order valence-electron chi connectivity index (χ1n) is 22.6. The van der Waals surface area contributed by atoms with Gasteiger partial charge in [0.1, 0.15) is 25.3 Å². The molecule has 0 saturated carbocycles. The number of benzene rings is 6. The van der Waals surface area contributed by atoms with Crippen LogP contribution in [0.5, 0.6) is 0 Å². The number of aliphatic hydroxyl groups excluding tert-OH is 1. The molecule has 7 rings (SSSR count). The number of esters is 1. The van der Waals surface area contributed by atoms with E-state index >= 15 is 0 Å². The van der Waals surface area contributed by atoms with Crippen LogP contribution in [0.2, 0.25) is 0 Å². The fourth-order valence-electron chi connectivity index (χ4n) is 8.75. The molecule has 0 saturated heterocycles. The highest BCUT2D eigenvalue weighted by atomic mass is 32.2. The molecule has 10 nitrogen and oxygen atoms in total. The maximum atomic E-state index is 14.8. The number of nitrogens with one attached hydrogen (secondary N) is 3. The molecule has 4 N–H and O–H groups in total. The van der Waals surface area contributed by atoms with E-state index in [0.29, 0.717) is 0 Å². The Labute approximate surface area is 397 Å². The SMILES string of the molecule is C=CCOC(=O)C[C@H](O)[C@H](NC(=O)C(CSC(c1ccccc1)(c1ccccc1)c1ccccc1)NC(=O)[C@@H](Cc1ccccc1)NC(=O)OCC1c2ccccc2-c2ccccc21)C(C)C. The monoisotopic (exact) mass is 915 g/mol. The molecule has 6 aromatic carbocycles. The Morgan fingerprint density at radius 3 is 1.63 bits per heavy atom. The number of fused-ring (bicyclic) bond motifs is 3. The van der Waals surface area contributed by atoms with Gasteiger partial charge >= 0.3 is 12.1 Å². The molecule has 1 aliphatic carbocycles. The van der Waals surface area contributed by atoms with Gasteiger partial charge in [0.2, 0.25) is 11.8 Å². The Morgan fingerprint density at radius 2 is 1.12 bits per heavy atom. The third kappa shape index (κ3) is 11.7. The Kier molecular flexibility index (Phi) is 16.5. The molecule has 344 valence electrons. The van der Waals surface area contributed by atoms with Gasteiger partial charge < -0.3 is 30.5 Å². The zero-order chi connectivity index (χ0) is 47.2. The van der Waals surface area contributed by atoms with Crippen molar-refractivity contribution in [3.63, 3.8) is 0 Å². The van der Waals surface area contributed by atoms with Crippen molar-refractivity contribution >= 4 is 35.6 Å². The summed E-state index contributed by atoms with van der Waals surface area (Å²) in [6.07, 6.45) is -0.921. The quantitative estimate of drug-likeness (QED) is 0.0319. The lowest BCUT2D eigenvalue weighted by molar-refractivity contribution is -0.145. The maximum absolute atomic E-state index is 14.8. The van der Waals surface area contributed by atoms with Gasteiger partial charge in [-0.3, -0.25) is 14.4 Å². The molecule has 1 unspecified atom stereocenters. The minimum atomic E-state index is -1.30. The summed E-state index contributed by atoms with van der Waals surface area (Å²) in [6, 6.07) is 52.1. The molecule has 0 fully saturated rings. The molecule has 3 amide bonds. The van der Waals surface area contributed by atoms with E-state index in [1.807, 2.05) is 172 Å². The second-order valence-electron chi connectivity index (χ2n) is 16.9. The molecule has 0 bridgehead atoms. The summed E-state index contributed by atoms with van der Waals surface area (Å²) in [5.74, 6) is -2.32. The van der Waals surface area contributed by atoms with Crippen molar-refractivity contribution < 1.29 is 33.8 Å². The van der Waals surface area contributed by atoms with Crippen LogP contribution in [-0.4, -0.2) is 72.2 Å². The number of aliphatic hydroxyl groups is 1. The van der Waals surface area contributed by atoms with Crippen LogP contribution in [0.4, 0.5) is 4.79 Å². The van der Waals surface area contributed by atoms with E-state index in [0.717, 1.165) is 44.5 Å². The molecular weight excluding hydrogens is 859 g/mol. The van der Waals surface area contributed by atoms with Gasteiger partial charge in [0.25, 0.3) is 0 Å². The van der Waals surface area contributed by atoms with Gasteiger partial charge in [0.05, 0.1) is 23.3 Å². The van der Waals surface area contributed by atoms with Crippen LogP contribution in [0.25, 0.3) is 11.1 Å². The third-order valence-electron chi connectivity index (χ3n) is 12.1. The first-order valence-corrected chi connectivity index (χ1v) is 23.6. The van der Waals surface area contributed by atoms with Crippen molar-refractivity contribution in [1.29, 1.82) is 0 Å². The summed E-state index contributed by atoms with van der Waals surface area (Å²) in [7, 11) is 0. The number of amides is 3. The molecule has 67 heavy (non-hydrogen) atoms. The molecular formula is C56H57N3O7S. The predicted octanol–water partition coefficient (Wildman–Crippen LogP) is 8.97. The first-order chi connectivity index (χ1) is 32.6. The van der Waals surface area contributed by atoms with E-state index < -0.39 is 52.9 Å². The minimum absolute atomic E-state index is 0.0181. The lowest BCUT2D eigenvalue weighted by Gasteiger charge is -2.37. The van der Waals surface area contributed by atoms with Crippen LogP contribution in [0.3, 0.4) is 0 Å². The zero-order valence-electron chi connectivity index (χ0n) is 37.8. The van der Waals surface area contributed by atoms with Crippen LogP contribution in [0.15, 0.2) is 183 Å². The zero-order valence-corrected chi connectivity index (χ0v) is 38.6. The fourth-order valence-corrected chi connectivity index (χ4v) is 10.3. The summed E-state index contributed by atoms with van der Waals surface area (Å²) in [5, 5.41) is 20.2. The smallest absolute Gasteiger partial charge is 0.407 e. The summed E-state index contributed by atoms with van der Waals surface area (Å²) >= 11 is 1.48. The Hall–Kier alpha value is -6.95. The van der Waals surface area contributed by atoms with Crippen LogP contribution in [-0.2, 0) is 35.0 Å². The number of ether oxygens (including phenoxy) is 2. The van der Waals surface area contributed by atoms with Crippen molar-refractivity contribution in [3.8, 4) is 11.1 Å². The normalized spacial score (nSPS) is 13.8. The van der Waals surface area contributed by atoms with Crippen LogP contribution in [0.1, 0.15) is 59.6 Å². The molecule has 0 aliphatic heterocycles. The van der Waals surface area contributed by atoms with E-state index in [1.54, 1.807) is 0 Å². The van der Waals surface area contributed by atoms with Crippen LogP contribution in [0, 0.1) is 5.92 Å². The van der Waals surface area contributed by atoms with Crippen molar-refractivity contribution in [2.45, 2.75) is 61.6 Å². The molecule has 0 heterocycles. The topological polar surface area (TPSA) is 143 Å². The highest BCUT2D eigenvalue weighted by Crippen LogP contribution is 2.49. The molecule has 0 aromatic heterocycles. The predicted molar refractivity (Wildman–Crippen MR) is 264 cm³/mol. The molecule has 4 atom stereocenters. The fraction of sp³-hybridized carbons (Fsp3) is 0.250. The Morgan fingerprint density at radius 1 is 0.642 bits per heavy atom. The number of carbonyl (C=O) groups is 4. The van der Waals surface area contributed by atoms with E-state index in [4.69, 9.17) is 9.47 Å². The number of rotatable bonds is 21.